The predicted octanol–water partition coefficient (Wildman–Crippen LogP) is 3.91. The third-order valence-corrected chi connectivity index (χ3v) is 4.74. The van der Waals surface area contributed by atoms with Gasteiger partial charge in [0.15, 0.2) is 5.78 Å². The fourth-order valence-electron chi connectivity index (χ4n) is 2.85. The van der Waals surface area contributed by atoms with Crippen LogP contribution in [0.5, 0.6) is 5.75 Å². The van der Waals surface area contributed by atoms with Crippen LogP contribution in [0.4, 0.5) is 0 Å². The van der Waals surface area contributed by atoms with Crippen LogP contribution in [0.3, 0.4) is 0 Å². The van der Waals surface area contributed by atoms with E-state index in [1.165, 1.54) is 29.0 Å². The normalized spacial score (nSPS) is 10.6. The fourth-order valence-corrected chi connectivity index (χ4v) is 3.01. The molecule has 3 aromatic rings. The molecule has 0 aliphatic heterocycles. The molecule has 0 unspecified atom stereocenters. The average Bonchev–Trinajstić information content (AvgIpc) is 2.71. The molecule has 0 spiro atoms. The van der Waals surface area contributed by atoms with Gasteiger partial charge in [-0.2, -0.15) is 0 Å². The van der Waals surface area contributed by atoms with Gasteiger partial charge in [-0.05, 0) is 49.7 Å². The second-order valence-electron chi connectivity index (χ2n) is 6.32. The van der Waals surface area contributed by atoms with Gasteiger partial charge in [-0.3, -0.25) is 14.2 Å². The van der Waals surface area contributed by atoms with Crippen LogP contribution in [-0.2, 0) is 4.74 Å². The van der Waals surface area contributed by atoms with E-state index in [2.05, 4.69) is 0 Å². The number of aryl methyl sites for hydroxylation is 1. The van der Waals surface area contributed by atoms with E-state index in [1.807, 2.05) is 0 Å². The number of hydrogen-bond acceptors (Lipinski definition) is 5. The molecule has 0 aliphatic carbocycles. The van der Waals surface area contributed by atoms with E-state index in [-0.39, 0.29) is 29.0 Å². The lowest BCUT2D eigenvalue weighted by molar-refractivity contribution is 0.0524. The Balaban J connectivity index is 2.22. The molecular formula is C22H18ClNO5. The van der Waals surface area contributed by atoms with Gasteiger partial charge in [0.1, 0.15) is 11.3 Å². The van der Waals surface area contributed by atoms with Gasteiger partial charge in [-0.1, -0.05) is 29.8 Å². The van der Waals surface area contributed by atoms with Crippen molar-refractivity contribution in [1.29, 1.82) is 0 Å². The molecule has 3 rings (SSSR count). The summed E-state index contributed by atoms with van der Waals surface area (Å²) in [5.74, 6) is -1.66. The van der Waals surface area contributed by atoms with Gasteiger partial charge in [-0.15, -0.1) is 0 Å². The van der Waals surface area contributed by atoms with E-state index >= 15 is 0 Å². The minimum Gasteiger partial charge on any atom is -0.507 e. The minimum absolute atomic E-state index is 0.0336. The van der Waals surface area contributed by atoms with Gasteiger partial charge >= 0.3 is 5.97 Å². The van der Waals surface area contributed by atoms with Gasteiger partial charge < -0.3 is 9.84 Å². The summed E-state index contributed by atoms with van der Waals surface area (Å²) in [6, 6.07) is 12.5. The summed E-state index contributed by atoms with van der Waals surface area (Å²) in [6.07, 6.45) is 1.33. The van der Waals surface area contributed by atoms with Crippen LogP contribution in [0.1, 0.15) is 38.8 Å². The van der Waals surface area contributed by atoms with E-state index in [9.17, 15) is 19.5 Å². The maximum absolute atomic E-state index is 13.1. The van der Waals surface area contributed by atoms with Crippen LogP contribution >= 0.6 is 11.6 Å². The van der Waals surface area contributed by atoms with E-state index in [0.717, 1.165) is 0 Å². The van der Waals surface area contributed by atoms with Crippen LogP contribution in [0.15, 0.2) is 59.5 Å². The summed E-state index contributed by atoms with van der Waals surface area (Å²) in [6.45, 7) is 3.40. The molecule has 2 aromatic carbocycles. The fraction of sp³-hybridized carbons (Fsp3) is 0.136. The first-order chi connectivity index (χ1) is 13.8. The SMILES string of the molecule is CCOC(=O)c1cc(C(=O)c2cc(Cl)c(C)cc2O)cn(-c2ccccc2)c1=O. The Morgan fingerprint density at radius 1 is 1.10 bits per heavy atom. The number of rotatable bonds is 5. The summed E-state index contributed by atoms with van der Waals surface area (Å²) in [7, 11) is 0. The molecule has 1 N–H and O–H groups in total. The number of ketones is 1. The summed E-state index contributed by atoms with van der Waals surface area (Å²) >= 11 is 6.10. The number of phenols is 1. The van der Waals surface area contributed by atoms with Gasteiger partial charge in [0, 0.05) is 22.5 Å². The molecule has 0 fully saturated rings. The Kier molecular flexibility index (Phi) is 5.84. The Morgan fingerprint density at radius 3 is 2.45 bits per heavy atom. The van der Waals surface area contributed by atoms with Crippen molar-refractivity contribution in [2.24, 2.45) is 0 Å². The Hall–Kier alpha value is -3.38. The Morgan fingerprint density at radius 2 is 1.79 bits per heavy atom. The first-order valence-corrected chi connectivity index (χ1v) is 9.24. The lowest BCUT2D eigenvalue weighted by Crippen LogP contribution is -2.27. The highest BCUT2D eigenvalue weighted by molar-refractivity contribution is 6.32. The molecule has 148 valence electrons. The molecule has 0 amide bonds. The zero-order chi connectivity index (χ0) is 21.1. The Bertz CT molecular complexity index is 1150. The van der Waals surface area contributed by atoms with Crippen molar-refractivity contribution < 1.29 is 19.4 Å². The van der Waals surface area contributed by atoms with Crippen LogP contribution in [-0.4, -0.2) is 28.0 Å². The second kappa shape index (κ2) is 8.32. The number of hydrogen-bond donors (Lipinski definition) is 1. The van der Waals surface area contributed by atoms with Crippen molar-refractivity contribution in [2.75, 3.05) is 6.61 Å². The van der Waals surface area contributed by atoms with Gasteiger partial charge in [0.05, 0.1) is 12.2 Å². The highest BCUT2D eigenvalue weighted by Gasteiger charge is 2.22. The Labute approximate surface area is 171 Å². The van der Waals surface area contributed by atoms with Crippen LogP contribution in [0, 0.1) is 6.92 Å². The van der Waals surface area contributed by atoms with Crippen molar-refractivity contribution >= 4 is 23.4 Å². The molecule has 0 saturated heterocycles. The first-order valence-electron chi connectivity index (χ1n) is 8.86. The van der Waals surface area contributed by atoms with Gasteiger partial charge in [-0.25, -0.2) is 4.79 Å². The van der Waals surface area contributed by atoms with Crippen LogP contribution in [0.25, 0.3) is 5.69 Å². The van der Waals surface area contributed by atoms with Crippen molar-refractivity contribution in [3.63, 3.8) is 0 Å². The smallest absolute Gasteiger partial charge is 0.343 e. The van der Waals surface area contributed by atoms with Gasteiger partial charge in [0.2, 0.25) is 0 Å². The number of ether oxygens (including phenoxy) is 1. The topological polar surface area (TPSA) is 85.6 Å². The molecule has 6 nitrogen and oxygen atoms in total. The molecular weight excluding hydrogens is 394 g/mol. The van der Waals surface area contributed by atoms with E-state index in [4.69, 9.17) is 16.3 Å². The summed E-state index contributed by atoms with van der Waals surface area (Å²) in [5.41, 5.74) is 0.197. The molecule has 0 aliphatic rings. The number of aromatic hydroxyl groups is 1. The standard InChI is InChI=1S/C22H18ClNO5/c1-3-29-22(28)17-10-14(12-24(21(17)27)15-7-5-4-6-8-15)20(26)16-11-18(23)13(2)9-19(16)25/h4-12,25H,3H2,1-2H3. The lowest BCUT2D eigenvalue weighted by atomic mass is 10.0. The summed E-state index contributed by atoms with van der Waals surface area (Å²) in [5, 5.41) is 10.5. The number of aromatic nitrogens is 1. The number of benzene rings is 2. The van der Waals surface area contributed by atoms with Crippen molar-refractivity contribution in [3.05, 3.63) is 92.4 Å². The zero-order valence-electron chi connectivity index (χ0n) is 15.8. The number of phenolic OH excluding ortho intramolecular Hbond substituents is 1. The van der Waals surface area contributed by atoms with Crippen molar-refractivity contribution in [2.45, 2.75) is 13.8 Å². The predicted molar refractivity (Wildman–Crippen MR) is 109 cm³/mol. The number of nitrogens with zero attached hydrogens (tertiary/aromatic N) is 1. The van der Waals surface area contributed by atoms with E-state index in [0.29, 0.717) is 16.3 Å². The van der Waals surface area contributed by atoms with Crippen molar-refractivity contribution in [3.8, 4) is 11.4 Å². The maximum atomic E-state index is 13.1. The summed E-state index contributed by atoms with van der Waals surface area (Å²) < 4.78 is 6.17. The molecule has 29 heavy (non-hydrogen) atoms. The number of carbonyl (C=O) groups excluding carboxylic acids is 2. The highest BCUT2D eigenvalue weighted by Crippen LogP contribution is 2.28. The third kappa shape index (κ3) is 4.07. The number of halogens is 1. The lowest BCUT2D eigenvalue weighted by Gasteiger charge is -2.12. The van der Waals surface area contributed by atoms with Gasteiger partial charge in [0.25, 0.3) is 5.56 Å². The maximum Gasteiger partial charge on any atom is 0.343 e. The minimum atomic E-state index is -0.831. The van der Waals surface area contributed by atoms with Crippen LogP contribution < -0.4 is 5.56 Å². The molecule has 1 heterocycles. The largest absolute Gasteiger partial charge is 0.507 e. The number of pyridine rings is 1. The molecule has 0 saturated carbocycles. The number of esters is 1. The van der Waals surface area contributed by atoms with E-state index in [1.54, 1.807) is 44.2 Å². The quantitative estimate of drug-likeness (QED) is 0.508. The average molecular weight is 412 g/mol. The van der Waals surface area contributed by atoms with Crippen LogP contribution in [0.2, 0.25) is 5.02 Å². The molecule has 7 heteroatoms. The second-order valence-corrected chi connectivity index (χ2v) is 6.73. The summed E-state index contributed by atoms with van der Waals surface area (Å²) in [4.78, 5) is 38.2. The molecule has 0 bridgehead atoms. The zero-order valence-corrected chi connectivity index (χ0v) is 16.6. The molecule has 0 atom stereocenters. The molecule has 1 aromatic heterocycles. The first kappa shape index (κ1) is 20.4. The monoisotopic (exact) mass is 411 g/mol. The highest BCUT2D eigenvalue weighted by atomic mass is 35.5. The number of carbonyl (C=O) groups is 2. The van der Waals surface area contributed by atoms with E-state index < -0.39 is 17.3 Å². The third-order valence-electron chi connectivity index (χ3n) is 4.33. The van der Waals surface area contributed by atoms with Crippen molar-refractivity contribution in [1.82, 2.24) is 4.57 Å². The number of para-hydroxylation sites is 1. The molecule has 0 radical (unpaired) electrons.